The molecule has 1 aliphatic heterocycles. The molecular formula is C14H23ClN2O. The summed E-state index contributed by atoms with van der Waals surface area (Å²) in [7, 11) is 0. The van der Waals surface area contributed by atoms with Crippen molar-refractivity contribution in [2.24, 2.45) is 0 Å². The van der Waals surface area contributed by atoms with Crippen molar-refractivity contribution < 1.29 is 5.11 Å². The highest BCUT2D eigenvalue weighted by Crippen LogP contribution is 2.22. The summed E-state index contributed by atoms with van der Waals surface area (Å²) in [6, 6.07) is 6.65. The Bertz CT molecular complexity index is 378. The Labute approximate surface area is 116 Å². The summed E-state index contributed by atoms with van der Waals surface area (Å²) in [5.74, 6) is 0. The van der Waals surface area contributed by atoms with Gasteiger partial charge in [-0.3, -0.25) is 4.90 Å². The van der Waals surface area contributed by atoms with E-state index < -0.39 is 0 Å². The smallest absolute Gasteiger partial charge is 0.0628 e. The number of benzene rings is 1. The maximum atomic E-state index is 9.63. The van der Waals surface area contributed by atoms with Crippen LogP contribution in [0.3, 0.4) is 0 Å². The molecule has 1 aliphatic rings. The van der Waals surface area contributed by atoms with E-state index >= 15 is 0 Å². The van der Waals surface area contributed by atoms with Crippen molar-refractivity contribution in [1.29, 1.82) is 0 Å². The minimum Gasteiger partial charge on any atom is -0.394 e. The van der Waals surface area contributed by atoms with Crippen molar-refractivity contribution in [3.05, 3.63) is 34.9 Å². The lowest BCUT2D eigenvalue weighted by Crippen LogP contribution is -2.46. The summed E-state index contributed by atoms with van der Waals surface area (Å²) < 4.78 is 0. The molecule has 1 aromatic carbocycles. The van der Waals surface area contributed by atoms with Gasteiger partial charge in [0.1, 0.15) is 0 Å². The van der Waals surface area contributed by atoms with Gasteiger partial charge in [-0.15, -0.1) is 12.4 Å². The number of hydrogen-bond donors (Lipinski definition) is 2. The monoisotopic (exact) mass is 270 g/mol. The van der Waals surface area contributed by atoms with E-state index in [-0.39, 0.29) is 25.1 Å². The second kappa shape index (κ2) is 7.10. The van der Waals surface area contributed by atoms with Crippen LogP contribution in [0.25, 0.3) is 0 Å². The summed E-state index contributed by atoms with van der Waals surface area (Å²) in [5, 5.41) is 13.0. The average molecular weight is 271 g/mol. The van der Waals surface area contributed by atoms with Crippen LogP contribution in [0.2, 0.25) is 0 Å². The van der Waals surface area contributed by atoms with Gasteiger partial charge in [0.15, 0.2) is 0 Å². The zero-order chi connectivity index (χ0) is 12.3. The zero-order valence-corrected chi connectivity index (χ0v) is 12.0. The van der Waals surface area contributed by atoms with E-state index in [1.165, 1.54) is 16.7 Å². The Morgan fingerprint density at radius 3 is 2.44 bits per heavy atom. The lowest BCUT2D eigenvalue weighted by atomic mass is 10.00. The molecule has 3 nitrogen and oxygen atoms in total. The fraction of sp³-hybridized carbons (Fsp3) is 0.571. The third kappa shape index (κ3) is 3.45. The van der Waals surface area contributed by atoms with Gasteiger partial charge in [0.2, 0.25) is 0 Å². The largest absolute Gasteiger partial charge is 0.394 e. The van der Waals surface area contributed by atoms with Crippen LogP contribution < -0.4 is 5.32 Å². The number of aliphatic hydroxyl groups excluding tert-OH is 1. The van der Waals surface area contributed by atoms with Gasteiger partial charge >= 0.3 is 0 Å². The number of halogens is 1. The summed E-state index contributed by atoms with van der Waals surface area (Å²) in [5.41, 5.74) is 3.85. The molecule has 0 unspecified atom stereocenters. The average Bonchev–Trinajstić information content (AvgIpc) is 2.36. The number of hydrogen-bond acceptors (Lipinski definition) is 3. The fourth-order valence-corrected chi connectivity index (χ4v) is 2.40. The number of nitrogens with zero attached hydrogens (tertiary/aromatic N) is 1. The summed E-state index contributed by atoms with van der Waals surface area (Å²) in [4.78, 5) is 2.36. The minimum atomic E-state index is 0. The summed E-state index contributed by atoms with van der Waals surface area (Å²) in [6.07, 6.45) is 0. The number of aryl methyl sites for hydroxylation is 2. The maximum absolute atomic E-state index is 9.63. The van der Waals surface area contributed by atoms with Gasteiger partial charge in [0.25, 0.3) is 0 Å². The van der Waals surface area contributed by atoms with Crippen LogP contribution >= 0.6 is 12.4 Å². The Balaban J connectivity index is 0.00000162. The van der Waals surface area contributed by atoms with Crippen LogP contribution in [0.15, 0.2) is 18.2 Å². The molecule has 2 rings (SSSR count). The molecule has 1 saturated heterocycles. The SMILES string of the molecule is Cc1ccc([C@H](CO)N2CCNCC2)cc1C.Cl. The van der Waals surface area contributed by atoms with Crippen molar-refractivity contribution in [2.45, 2.75) is 19.9 Å². The second-order valence-electron chi connectivity index (χ2n) is 4.83. The molecule has 0 aliphatic carbocycles. The first kappa shape index (κ1) is 15.4. The number of nitrogens with one attached hydrogen (secondary N) is 1. The van der Waals surface area contributed by atoms with Gasteiger partial charge in [-0.25, -0.2) is 0 Å². The summed E-state index contributed by atoms with van der Waals surface area (Å²) >= 11 is 0. The highest BCUT2D eigenvalue weighted by atomic mass is 35.5. The molecule has 1 atom stereocenters. The van der Waals surface area contributed by atoms with Gasteiger partial charge in [0, 0.05) is 26.2 Å². The van der Waals surface area contributed by atoms with E-state index in [1.54, 1.807) is 0 Å². The molecule has 0 saturated carbocycles. The molecule has 0 bridgehead atoms. The quantitative estimate of drug-likeness (QED) is 0.877. The van der Waals surface area contributed by atoms with Gasteiger partial charge in [-0.2, -0.15) is 0 Å². The molecule has 1 aromatic rings. The first-order valence-corrected chi connectivity index (χ1v) is 6.35. The van der Waals surface area contributed by atoms with Crippen molar-refractivity contribution in [3.8, 4) is 0 Å². The van der Waals surface area contributed by atoms with Crippen LogP contribution in [0.5, 0.6) is 0 Å². The molecule has 0 radical (unpaired) electrons. The Morgan fingerprint density at radius 1 is 1.22 bits per heavy atom. The molecule has 0 amide bonds. The Kier molecular flexibility index (Phi) is 6.09. The molecule has 1 heterocycles. The van der Waals surface area contributed by atoms with Crippen molar-refractivity contribution in [1.82, 2.24) is 10.2 Å². The van der Waals surface area contributed by atoms with Gasteiger partial charge in [0.05, 0.1) is 12.6 Å². The molecule has 4 heteroatoms. The summed E-state index contributed by atoms with van der Waals surface area (Å²) in [6.45, 7) is 8.50. The van der Waals surface area contributed by atoms with Crippen LogP contribution in [0, 0.1) is 13.8 Å². The molecule has 18 heavy (non-hydrogen) atoms. The van der Waals surface area contributed by atoms with Crippen molar-refractivity contribution >= 4 is 12.4 Å². The van der Waals surface area contributed by atoms with Crippen LogP contribution in [-0.4, -0.2) is 42.8 Å². The molecule has 0 spiro atoms. The lowest BCUT2D eigenvalue weighted by molar-refractivity contribution is 0.111. The van der Waals surface area contributed by atoms with Gasteiger partial charge < -0.3 is 10.4 Å². The van der Waals surface area contributed by atoms with E-state index in [4.69, 9.17) is 0 Å². The second-order valence-corrected chi connectivity index (χ2v) is 4.83. The number of aliphatic hydroxyl groups is 1. The van der Waals surface area contributed by atoms with Crippen LogP contribution in [0.1, 0.15) is 22.7 Å². The molecule has 102 valence electrons. The fourth-order valence-electron chi connectivity index (χ4n) is 2.40. The highest BCUT2D eigenvalue weighted by molar-refractivity contribution is 5.85. The van der Waals surface area contributed by atoms with Crippen molar-refractivity contribution in [3.63, 3.8) is 0 Å². The normalized spacial score (nSPS) is 18.2. The number of piperazine rings is 1. The van der Waals surface area contributed by atoms with E-state index in [2.05, 4.69) is 42.3 Å². The highest BCUT2D eigenvalue weighted by Gasteiger charge is 2.21. The number of rotatable bonds is 3. The van der Waals surface area contributed by atoms with Crippen LogP contribution in [0.4, 0.5) is 0 Å². The Morgan fingerprint density at radius 2 is 1.89 bits per heavy atom. The Hall–Kier alpha value is -0.610. The lowest BCUT2D eigenvalue weighted by Gasteiger charge is -2.34. The zero-order valence-electron chi connectivity index (χ0n) is 11.1. The molecule has 1 fully saturated rings. The van der Waals surface area contributed by atoms with E-state index in [1.807, 2.05) is 0 Å². The van der Waals surface area contributed by atoms with E-state index in [0.29, 0.717) is 0 Å². The van der Waals surface area contributed by atoms with Gasteiger partial charge in [-0.1, -0.05) is 18.2 Å². The maximum Gasteiger partial charge on any atom is 0.0628 e. The van der Waals surface area contributed by atoms with E-state index in [9.17, 15) is 5.11 Å². The van der Waals surface area contributed by atoms with Crippen LogP contribution in [-0.2, 0) is 0 Å². The third-order valence-corrected chi connectivity index (χ3v) is 3.68. The predicted molar refractivity (Wildman–Crippen MR) is 77.4 cm³/mol. The third-order valence-electron chi connectivity index (χ3n) is 3.68. The van der Waals surface area contributed by atoms with Crippen molar-refractivity contribution in [2.75, 3.05) is 32.8 Å². The van der Waals surface area contributed by atoms with E-state index in [0.717, 1.165) is 26.2 Å². The first-order chi connectivity index (χ1) is 8.22. The standard InChI is InChI=1S/C14H22N2O.ClH/c1-11-3-4-13(9-12(11)2)14(10-17)16-7-5-15-6-8-16;/h3-4,9,14-15,17H,5-8,10H2,1-2H3;1H/t14-;/m0./s1. The molecular weight excluding hydrogens is 248 g/mol. The molecule has 0 aromatic heterocycles. The minimum absolute atomic E-state index is 0. The first-order valence-electron chi connectivity index (χ1n) is 6.35. The van der Waals surface area contributed by atoms with Gasteiger partial charge in [-0.05, 0) is 30.5 Å². The predicted octanol–water partition coefficient (Wildman–Crippen LogP) is 1.66. The topological polar surface area (TPSA) is 35.5 Å². The molecule has 2 N–H and O–H groups in total.